The third-order valence-electron chi connectivity index (χ3n) is 2.60. The summed E-state index contributed by atoms with van der Waals surface area (Å²) in [5, 5.41) is -1.57. The number of ketones is 1. The van der Waals surface area contributed by atoms with E-state index in [9.17, 15) is 9.36 Å². The van der Waals surface area contributed by atoms with Crippen LogP contribution in [0, 0.1) is 11.8 Å². The highest BCUT2D eigenvalue weighted by atomic mass is 31.2. The molecule has 2 N–H and O–H groups in total. The van der Waals surface area contributed by atoms with E-state index in [0.717, 1.165) is 0 Å². The average molecular weight is 236 g/mol. The van der Waals surface area contributed by atoms with Crippen LogP contribution in [0.1, 0.15) is 41.0 Å². The van der Waals surface area contributed by atoms with Crippen LogP contribution in [0.25, 0.3) is 0 Å². The van der Waals surface area contributed by atoms with Crippen molar-refractivity contribution in [2.24, 2.45) is 11.8 Å². The molecule has 0 bridgehead atoms. The van der Waals surface area contributed by atoms with Crippen LogP contribution < -0.4 is 0 Å². The standard InChI is InChI=1S/C10H21O4P/c1-7(2)6-8(3)9(11)10(4,5)15(12,13)14/h7-8H,6H2,1-5H3,(H2,12,13,14). The van der Waals surface area contributed by atoms with Crippen molar-refractivity contribution >= 4 is 13.4 Å². The van der Waals surface area contributed by atoms with Gasteiger partial charge in [-0.2, -0.15) is 0 Å². The van der Waals surface area contributed by atoms with E-state index in [2.05, 4.69) is 0 Å². The van der Waals surface area contributed by atoms with Gasteiger partial charge in [0.1, 0.15) is 5.16 Å². The van der Waals surface area contributed by atoms with Crippen molar-refractivity contribution in [2.75, 3.05) is 0 Å². The minimum atomic E-state index is -4.37. The molecule has 0 aliphatic heterocycles. The highest BCUT2D eigenvalue weighted by molar-refractivity contribution is 7.54. The molecule has 0 aromatic rings. The van der Waals surface area contributed by atoms with E-state index < -0.39 is 12.8 Å². The van der Waals surface area contributed by atoms with E-state index in [1.54, 1.807) is 6.92 Å². The molecule has 0 saturated heterocycles. The second-order valence-corrected chi connectivity index (χ2v) is 7.20. The molecule has 0 aromatic carbocycles. The van der Waals surface area contributed by atoms with Crippen LogP contribution in [0.4, 0.5) is 0 Å². The Balaban J connectivity index is 4.78. The van der Waals surface area contributed by atoms with Crippen LogP contribution in [-0.4, -0.2) is 20.7 Å². The second kappa shape index (κ2) is 4.77. The lowest BCUT2D eigenvalue weighted by Crippen LogP contribution is -2.36. The van der Waals surface area contributed by atoms with Crippen LogP contribution in [0.5, 0.6) is 0 Å². The Labute approximate surface area is 91.2 Å². The first-order valence-corrected chi connectivity index (χ1v) is 6.71. The van der Waals surface area contributed by atoms with E-state index in [1.165, 1.54) is 13.8 Å². The van der Waals surface area contributed by atoms with Gasteiger partial charge in [-0.1, -0.05) is 20.8 Å². The molecule has 90 valence electrons. The zero-order valence-corrected chi connectivity index (χ0v) is 10.9. The van der Waals surface area contributed by atoms with Gasteiger partial charge in [-0.05, 0) is 26.2 Å². The van der Waals surface area contributed by atoms with Gasteiger partial charge >= 0.3 is 7.60 Å². The molecule has 0 spiro atoms. The third kappa shape index (κ3) is 3.71. The van der Waals surface area contributed by atoms with Crippen LogP contribution in [0.15, 0.2) is 0 Å². The van der Waals surface area contributed by atoms with Gasteiger partial charge in [-0.3, -0.25) is 9.36 Å². The number of hydrogen-bond acceptors (Lipinski definition) is 2. The van der Waals surface area contributed by atoms with Gasteiger partial charge in [0.15, 0.2) is 5.78 Å². The summed E-state index contributed by atoms with van der Waals surface area (Å²) in [6.45, 7) is 8.31. The Hall–Kier alpha value is -0.180. The van der Waals surface area contributed by atoms with E-state index in [-0.39, 0.29) is 11.7 Å². The predicted octanol–water partition coefficient (Wildman–Crippen LogP) is 2.19. The molecular formula is C10H21O4P. The minimum Gasteiger partial charge on any atom is -0.324 e. The number of hydrogen-bond donors (Lipinski definition) is 2. The van der Waals surface area contributed by atoms with Crippen molar-refractivity contribution in [3.05, 3.63) is 0 Å². The second-order valence-electron chi connectivity index (χ2n) is 5.00. The predicted molar refractivity (Wildman–Crippen MR) is 59.7 cm³/mol. The van der Waals surface area contributed by atoms with Gasteiger partial charge in [0.05, 0.1) is 0 Å². The molecule has 0 aliphatic carbocycles. The zero-order chi connectivity index (χ0) is 12.4. The van der Waals surface area contributed by atoms with Crippen molar-refractivity contribution in [1.82, 2.24) is 0 Å². The van der Waals surface area contributed by atoms with Gasteiger partial charge in [-0.15, -0.1) is 0 Å². The van der Waals surface area contributed by atoms with Crippen molar-refractivity contribution in [3.8, 4) is 0 Å². The largest absolute Gasteiger partial charge is 0.338 e. The summed E-state index contributed by atoms with van der Waals surface area (Å²) in [6.07, 6.45) is 0.655. The SMILES string of the molecule is CC(C)CC(C)C(=O)C(C)(C)P(=O)(O)O. The van der Waals surface area contributed by atoms with Crippen LogP contribution >= 0.6 is 7.60 Å². The Morgan fingerprint density at radius 1 is 1.27 bits per heavy atom. The van der Waals surface area contributed by atoms with Crippen molar-refractivity contribution in [2.45, 2.75) is 46.2 Å². The molecular weight excluding hydrogens is 215 g/mol. The molecule has 0 aliphatic rings. The van der Waals surface area contributed by atoms with E-state index >= 15 is 0 Å². The monoisotopic (exact) mass is 236 g/mol. The van der Waals surface area contributed by atoms with Crippen LogP contribution in [0.2, 0.25) is 0 Å². The normalized spacial score (nSPS) is 15.5. The lowest BCUT2D eigenvalue weighted by Gasteiger charge is -2.27. The Bertz CT molecular complexity index is 277. The summed E-state index contributed by atoms with van der Waals surface area (Å²) >= 11 is 0. The molecule has 0 aromatic heterocycles. The minimum absolute atomic E-state index is 0.312. The summed E-state index contributed by atoms with van der Waals surface area (Å²) < 4.78 is 11.2. The smallest absolute Gasteiger partial charge is 0.324 e. The Kier molecular flexibility index (Phi) is 4.71. The molecule has 0 heterocycles. The third-order valence-corrected chi connectivity index (χ3v) is 4.28. The summed E-state index contributed by atoms with van der Waals surface area (Å²) in [4.78, 5) is 30.0. The molecule has 1 atom stereocenters. The molecule has 4 nitrogen and oxygen atoms in total. The van der Waals surface area contributed by atoms with Gasteiger partial charge < -0.3 is 9.79 Å². The van der Waals surface area contributed by atoms with Crippen molar-refractivity contribution in [3.63, 3.8) is 0 Å². The zero-order valence-electron chi connectivity index (χ0n) is 10.0. The topological polar surface area (TPSA) is 74.6 Å². The highest BCUT2D eigenvalue weighted by Crippen LogP contribution is 2.51. The fourth-order valence-corrected chi connectivity index (χ4v) is 2.07. The number of carbonyl (C=O) groups excluding carboxylic acids is 1. The molecule has 5 heteroatoms. The van der Waals surface area contributed by atoms with E-state index in [0.29, 0.717) is 12.3 Å². The summed E-state index contributed by atoms with van der Waals surface area (Å²) in [5.74, 6) is -0.325. The average Bonchev–Trinajstić information content (AvgIpc) is 1.99. The molecule has 1 unspecified atom stereocenters. The maximum absolute atomic E-state index is 11.9. The number of rotatable bonds is 5. The highest BCUT2D eigenvalue weighted by Gasteiger charge is 2.45. The fourth-order valence-electron chi connectivity index (χ4n) is 1.56. The molecule has 15 heavy (non-hydrogen) atoms. The van der Waals surface area contributed by atoms with Gasteiger partial charge in [0.2, 0.25) is 0 Å². The maximum atomic E-state index is 11.9. The van der Waals surface area contributed by atoms with Crippen LogP contribution in [-0.2, 0) is 9.36 Å². The van der Waals surface area contributed by atoms with Gasteiger partial charge in [-0.25, -0.2) is 0 Å². The molecule has 0 fully saturated rings. The summed E-state index contributed by atoms with van der Waals surface area (Å²) in [7, 11) is -4.37. The number of carbonyl (C=O) groups is 1. The van der Waals surface area contributed by atoms with Crippen LogP contribution in [0.3, 0.4) is 0 Å². The Morgan fingerprint density at radius 3 is 1.93 bits per heavy atom. The summed E-state index contributed by atoms with van der Waals surface area (Å²) in [6, 6.07) is 0. The Morgan fingerprint density at radius 2 is 1.67 bits per heavy atom. The quantitative estimate of drug-likeness (QED) is 0.717. The van der Waals surface area contributed by atoms with Gasteiger partial charge in [0.25, 0.3) is 0 Å². The molecule has 0 radical (unpaired) electrons. The van der Waals surface area contributed by atoms with E-state index in [4.69, 9.17) is 9.79 Å². The first-order chi connectivity index (χ1) is 6.50. The number of Topliss-reactive ketones (excluding diaryl/α,β-unsaturated/α-hetero) is 1. The first-order valence-electron chi connectivity index (χ1n) is 5.10. The molecule has 0 amide bonds. The fraction of sp³-hybridized carbons (Fsp3) is 0.900. The van der Waals surface area contributed by atoms with Gasteiger partial charge in [0, 0.05) is 5.92 Å². The van der Waals surface area contributed by atoms with Crippen molar-refractivity contribution in [1.29, 1.82) is 0 Å². The molecule has 0 rings (SSSR count). The first kappa shape index (κ1) is 14.8. The van der Waals surface area contributed by atoms with E-state index in [1.807, 2.05) is 13.8 Å². The lowest BCUT2D eigenvalue weighted by molar-refractivity contribution is -0.125. The summed E-state index contributed by atoms with van der Waals surface area (Å²) in [5.41, 5.74) is 0. The molecule has 0 saturated carbocycles. The van der Waals surface area contributed by atoms with Crippen molar-refractivity contribution < 1.29 is 19.1 Å². The lowest BCUT2D eigenvalue weighted by atomic mass is 9.89. The maximum Gasteiger partial charge on any atom is 0.338 e.